The summed E-state index contributed by atoms with van der Waals surface area (Å²) in [6, 6.07) is 5.01. The van der Waals surface area contributed by atoms with Crippen LogP contribution in [0, 0.1) is 0 Å². The number of anilines is 1. The van der Waals surface area contributed by atoms with Crippen molar-refractivity contribution in [2.24, 2.45) is 0 Å². The van der Waals surface area contributed by atoms with Gasteiger partial charge in [-0.3, -0.25) is 9.59 Å². The van der Waals surface area contributed by atoms with Crippen LogP contribution in [0.2, 0.25) is 0 Å². The first-order valence-electron chi connectivity index (χ1n) is 6.50. The fraction of sp³-hybridized carbons (Fsp3) is 0.429. The Morgan fingerprint density at radius 3 is 2.80 bits per heavy atom. The highest BCUT2D eigenvalue weighted by atomic mass is 79.9. The minimum atomic E-state index is -0.463. The van der Waals surface area contributed by atoms with Crippen molar-refractivity contribution in [3.05, 3.63) is 22.7 Å². The van der Waals surface area contributed by atoms with Crippen LogP contribution in [0.3, 0.4) is 0 Å². The maximum Gasteiger partial charge on any atom is 0.249 e. The van der Waals surface area contributed by atoms with E-state index in [1.54, 1.807) is 18.1 Å². The third-order valence-corrected chi connectivity index (χ3v) is 3.73. The zero-order valence-electron chi connectivity index (χ0n) is 11.5. The van der Waals surface area contributed by atoms with Crippen molar-refractivity contribution < 1.29 is 14.3 Å². The van der Waals surface area contributed by atoms with Gasteiger partial charge >= 0.3 is 0 Å². The zero-order valence-corrected chi connectivity index (χ0v) is 13.1. The summed E-state index contributed by atoms with van der Waals surface area (Å²) in [6.45, 7) is 2.26. The Kier molecular flexibility index (Phi) is 4.65. The van der Waals surface area contributed by atoms with E-state index in [0.29, 0.717) is 25.1 Å². The van der Waals surface area contributed by atoms with Crippen LogP contribution in [-0.4, -0.2) is 31.5 Å². The topological polar surface area (TPSA) is 58.6 Å². The molecule has 0 spiro atoms. The van der Waals surface area contributed by atoms with Crippen molar-refractivity contribution in [3.8, 4) is 5.75 Å². The summed E-state index contributed by atoms with van der Waals surface area (Å²) in [7, 11) is 1.58. The molecule has 1 atom stereocenters. The molecule has 2 amide bonds. The Hall–Kier alpha value is -1.56. The number of carbonyl (C=O) groups excluding carboxylic acids is 2. The van der Waals surface area contributed by atoms with Crippen LogP contribution in [0.25, 0.3) is 0 Å². The molecule has 0 aliphatic carbocycles. The first kappa shape index (κ1) is 14.8. The van der Waals surface area contributed by atoms with Gasteiger partial charge in [0.2, 0.25) is 11.8 Å². The maximum atomic E-state index is 12.5. The summed E-state index contributed by atoms with van der Waals surface area (Å²) in [6.07, 6.45) is 0.878. The first-order valence-corrected chi connectivity index (χ1v) is 7.29. The van der Waals surface area contributed by atoms with Gasteiger partial charge in [-0.15, -0.1) is 0 Å². The SMILES string of the molecule is CCC1NC(=O)CCN(c2cc(Br)cc(OC)c2)C1=O. The number of carbonyl (C=O) groups is 2. The van der Waals surface area contributed by atoms with Gasteiger partial charge < -0.3 is 15.0 Å². The number of hydrogen-bond donors (Lipinski definition) is 1. The van der Waals surface area contributed by atoms with Crippen LogP contribution in [0.1, 0.15) is 19.8 Å². The predicted octanol–water partition coefficient (Wildman–Crippen LogP) is 2.09. The van der Waals surface area contributed by atoms with Gasteiger partial charge in [-0.05, 0) is 18.6 Å². The molecule has 1 N–H and O–H groups in total. The van der Waals surface area contributed by atoms with Crippen LogP contribution >= 0.6 is 15.9 Å². The minimum Gasteiger partial charge on any atom is -0.497 e. The summed E-state index contributed by atoms with van der Waals surface area (Å²) >= 11 is 3.40. The Balaban J connectivity index is 2.36. The van der Waals surface area contributed by atoms with Gasteiger partial charge in [-0.1, -0.05) is 22.9 Å². The lowest BCUT2D eigenvalue weighted by atomic mass is 10.2. The normalized spacial score (nSPS) is 19.6. The van der Waals surface area contributed by atoms with Crippen molar-refractivity contribution in [1.82, 2.24) is 5.32 Å². The fourth-order valence-corrected chi connectivity index (χ4v) is 2.65. The molecule has 1 aliphatic rings. The number of amides is 2. The number of nitrogens with zero attached hydrogens (tertiary/aromatic N) is 1. The third kappa shape index (κ3) is 3.12. The molecule has 0 aromatic heterocycles. The maximum absolute atomic E-state index is 12.5. The highest BCUT2D eigenvalue weighted by Crippen LogP contribution is 2.28. The second kappa shape index (κ2) is 6.26. The number of methoxy groups -OCH3 is 1. The molecule has 0 saturated carbocycles. The standard InChI is InChI=1S/C14H17BrN2O3/c1-3-12-14(19)17(5-4-13(18)16-12)10-6-9(15)7-11(8-10)20-2/h6-8,12H,3-5H2,1-2H3,(H,16,18). The quantitative estimate of drug-likeness (QED) is 0.916. The molecule has 1 unspecified atom stereocenters. The van der Waals surface area contributed by atoms with Gasteiger partial charge in [0.25, 0.3) is 0 Å². The molecule has 1 aromatic rings. The van der Waals surface area contributed by atoms with E-state index in [4.69, 9.17) is 4.74 Å². The smallest absolute Gasteiger partial charge is 0.249 e. The lowest BCUT2D eigenvalue weighted by Crippen LogP contribution is -2.44. The molecule has 5 nitrogen and oxygen atoms in total. The average molecular weight is 341 g/mol. The Morgan fingerprint density at radius 2 is 2.15 bits per heavy atom. The van der Waals surface area contributed by atoms with E-state index in [1.807, 2.05) is 19.1 Å². The van der Waals surface area contributed by atoms with Gasteiger partial charge in [-0.2, -0.15) is 0 Å². The molecule has 1 aromatic carbocycles. The van der Waals surface area contributed by atoms with Crippen LogP contribution in [-0.2, 0) is 9.59 Å². The highest BCUT2D eigenvalue weighted by Gasteiger charge is 2.29. The minimum absolute atomic E-state index is 0.0847. The van der Waals surface area contributed by atoms with Crippen LogP contribution in [0.15, 0.2) is 22.7 Å². The number of ether oxygens (including phenoxy) is 1. The van der Waals surface area contributed by atoms with Gasteiger partial charge in [0, 0.05) is 29.2 Å². The number of hydrogen-bond acceptors (Lipinski definition) is 3. The van der Waals surface area contributed by atoms with Gasteiger partial charge in [0.15, 0.2) is 0 Å². The lowest BCUT2D eigenvalue weighted by Gasteiger charge is -2.24. The summed E-state index contributed by atoms with van der Waals surface area (Å²) < 4.78 is 6.05. The van der Waals surface area contributed by atoms with E-state index >= 15 is 0 Å². The molecule has 1 saturated heterocycles. The van der Waals surface area contributed by atoms with E-state index < -0.39 is 6.04 Å². The highest BCUT2D eigenvalue weighted by molar-refractivity contribution is 9.10. The lowest BCUT2D eigenvalue weighted by molar-refractivity contribution is -0.125. The number of rotatable bonds is 3. The van der Waals surface area contributed by atoms with E-state index in [-0.39, 0.29) is 11.8 Å². The molecule has 0 radical (unpaired) electrons. The summed E-state index contributed by atoms with van der Waals surface area (Å²) in [5.41, 5.74) is 0.733. The fourth-order valence-electron chi connectivity index (χ4n) is 2.19. The zero-order chi connectivity index (χ0) is 14.7. The van der Waals surface area contributed by atoms with E-state index in [9.17, 15) is 9.59 Å². The van der Waals surface area contributed by atoms with Crippen LogP contribution < -0.4 is 15.0 Å². The first-order chi connectivity index (χ1) is 9.55. The molecule has 108 valence electrons. The van der Waals surface area contributed by atoms with E-state index in [2.05, 4.69) is 21.2 Å². The van der Waals surface area contributed by atoms with Crippen LogP contribution in [0.4, 0.5) is 5.69 Å². The molecule has 1 fully saturated rings. The second-order valence-electron chi connectivity index (χ2n) is 4.62. The Bertz CT molecular complexity index is 533. The van der Waals surface area contributed by atoms with E-state index in [0.717, 1.165) is 10.2 Å². The second-order valence-corrected chi connectivity index (χ2v) is 5.53. The van der Waals surface area contributed by atoms with Gasteiger partial charge in [-0.25, -0.2) is 0 Å². The summed E-state index contributed by atoms with van der Waals surface area (Å²) in [5.74, 6) is 0.493. The molecule has 1 heterocycles. The van der Waals surface area contributed by atoms with Crippen LogP contribution in [0.5, 0.6) is 5.75 Å². The van der Waals surface area contributed by atoms with Gasteiger partial charge in [0.05, 0.1) is 7.11 Å². The molecule has 1 aliphatic heterocycles. The molecule has 6 heteroatoms. The van der Waals surface area contributed by atoms with Crippen molar-refractivity contribution in [2.45, 2.75) is 25.8 Å². The largest absolute Gasteiger partial charge is 0.497 e. The van der Waals surface area contributed by atoms with Crippen molar-refractivity contribution in [1.29, 1.82) is 0 Å². The van der Waals surface area contributed by atoms with E-state index in [1.165, 1.54) is 0 Å². The molecular formula is C14H17BrN2O3. The molecule has 2 rings (SSSR count). The number of nitrogens with one attached hydrogen (secondary N) is 1. The Morgan fingerprint density at radius 1 is 1.40 bits per heavy atom. The molecular weight excluding hydrogens is 324 g/mol. The van der Waals surface area contributed by atoms with Crippen molar-refractivity contribution >= 4 is 33.4 Å². The Labute approximate surface area is 126 Å². The molecule has 0 bridgehead atoms. The number of halogens is 1. The third-order valence-electron chi connectivity index (χ3n) is 3.27. The summed E-state index contributed by atoms with van der Waals surface area (Å²) in [5, 5.41) is 2.75. The number of benzene rings is 1. The average Bonchev–Trinajstić information content (AvgIpc) is 2.57. The predicted molar refractivity (Wildman–Crippen MR) is 79.9 cm³/mol. The van der Waals surface area contributed by atoms with Crippen molar-refractivity contribution in [3.63, 3.8) is 0 Å². The summed E-state index contributed by atoms with van der Waals surface area (Å²) in [4.78, 5) is 25.8. The monoisotopic (exact) mass is 340 g/mol. The molecule has 20 heavy (non-hydrogen) atoms. The van der Waals surface area contributed by atoms with Gasteiger partial charge in [0.1, 0.15) is 11.8 Å². The van der Waals surface area contributed by atoms with Crippen molar-refractivity contribution in [2.75, 3.05) is 18.6 Å².